The van der Waals surface area contributed by atoms with Gasteiger partial charge in [0.05, 0.1) is 33.1 Å². The van der Waals surface area contributed by atoms with Crippen LogP contribution in [0.3, 0.4) is 0 Å². The quantitative estimate of drug-likeness (QED) is 0.177. The molecule has 0 bridgehead atoms. The van der Waals surface area contributed by atoms with E-state index in [0.29, 0.717) is 17.5 Å². The van der Waals surface area contributed by atoms with Crippen molar-refractivity contribution in [3.8, 4) is 45.5 Å². The lowest BCUT2D eigenvalue weighted by atomic mass is 10.1. The van der Waals surface area contributed by atoms with Crippen molar-refractivity contribution in [2.24, 2.45) is 0 Å². The summed E-state index contributed by atoms with van der Waals surface area (Å²) in [5, 5.41) is 6.70. The van der Waals surface area contributed by atoms with Crippen molar-refractivity contribution < 1.29 is 4.42 Å². The van der Waals surface area contributed by atoms with E-state index in [1.165, 1.54) is 21.8 Å². The highest BCUT2D eigenvalue weighted by Gasteiger charge is 2.23. The van der Waals surface area contributed by atoms with Crippen LogP contribution < -0.4 is 0 Å². The molecule has 0 saturated heterocycles. The maximum Gasteiger partial charge on any atom is 0.164 e. The molecule has 0 fully saturated rings. The fourth-order valence-corrected chi connectivity index (χ4v) is 8.65. The molecule has 6 heteroatoms. The lowest BCUT2D eigenvalue weighted by molar-refractivity contribution is 0.673. The highest BCUT2D eigenvalue weighted by Crippen LogP contribution is 2.44. The van der Waals surface area contributed by atoms with E-state index in [1.807, 2.05) is 66.7 Å². The van der Waals surface area contributed by atoms with Gasteiger partial charge in [0.15, 0.2) is 17.5 Å². The highest BCUT2D eigenvalue weighted by molar-refractivity contribution is 6.25. The standard InChI is InChI=1S/C51H31N5O/c1-4-15-32(16-5-1)49-52-50(33-17-6-2-7-18-33)54-51(53-49)34-27-30-45-40(31-34)38-28-29-43-46(48(38)57-45)39-23-14-26-44(47(39)55(43)35-19-8-3-9-20-35)56-41-24-12-10-21-36(41)37-22-11-13-25-42(37)56/h1-31H. The van der Waals surface area contributed by atoms with Gasteiger partial charge >= 0.3 is 0 Å². The van der Waals surface area contributed by atoms with Gasteiger partial charge in [-0.05, 0) is 60.7 Å². The minimum Gasteiger partial charge on any atom is -0.455 e. The monoisotopic (exact) mass is 729 g/mol. The van der Waals surface area contributed by atoms with Crippen LogP contribution in [-0.2, 0) is 0 Å². The minimum absolute atomic E-state index is 0.608. The van der Waals surface area contributed by atoms with Gasteiger partial charge < -0.3 is 13.6 Å². The van der Waals surface area contributed by atoms with Crippen LogP contribution in [0.1, 0.15) is 0 Å². The Morgan fingerprint density at radius 3 is 1.58 bits per heavy atom. The second-order valence-corrected chi connectivity index (χ2v) is 14.4. The SMILES string of the molecule is c1ccc(-c2nc(-c3ccccc3)nc(-c3ccc4oc5c(ccc6c5c5cccc(-n7c8ccccc8c8ccccc87)c5n6-c5ccccc5)c4c3)n2)cc1. The molecule has 0 unspecified atom stereocenters. The molecule has 4 aromatic heterocycles. The first kappa shape index (κ1) is 31.5. The molecule has 8 aromatic carbocycles. The van der Waals surface area contributed by atoms with Gasteiger partial charge in [0.2, 0.25) is 0 Å². The molecule has 0 saturated carbocycles. The second-order valence-electron chi connectivity index (χ2n) is 14.4. The largest absolute Gasteiger partial charge is 0.455 e. The Labute approximate surface area is 326 Å². The molecule has 0 amide bonds. The highest BCUT2D eigenvalue weighted by atomic mass is 16.3. The first-order chi connectivity index (χ1) is 28.3. The Balaban J connectivity index is 1.12. The molecule has 0 N–H and O–H groups in total. The molecule has 0 aliphatic carbocycles. The predicted octanol–water partition coefficient (Wildman–Crippen LogP) is 13.0. The van der Waals surface area contributed by atoms with Crippen LogP contribution in [0.4, 0.5) is 0 Å². The Hall–Kier alpha value is -7.83. The summed E-state index contributed by atoms with van der Waals surface area (Å²) >= 11 is 0. The number of furan rings is 1. The van der Waals surface area contributed by atoms with Gasteiger partial charge in [-0.15, -0.1) is 0 Å². The summed E-state index contributed by atoms with van der Waals surface area (Å²) in [6.45, 7) is 0. The van der Waals surface area contributed by atoms with Crippen molar-refractivity contribution in [1.29, 1.82) is 0 Å². The first-order valence-corrected chi connectivity index (χ1v) is 19.1. The van der Waals surface area contributed by atoms with Gasteiger partial charge in [0.1, 0.15) is 11.2 Å². The Bertz CT molecular complexity index is 3400. The predicted molar refractivity (Wildman–Crippen MR) is 232 cm³/mol. The topological polar surface area (TPSA) is 61.7 Å². The van der Waals surface area contributed by atoms with Gasteiger partial charge in [-0.2, -0.15) is 0 Å². The number of hydrogen-bond acceptors (Lipinski definition) is 4. The average molecular weight is 730 g/mol. The Morgan fingerprint density at radius 2 is 0.930 bits per heavy atom. The van der Waals surface area contributed by atoms with E-state index >= 15 is 0 Å². The number of fused-ring (bicyclic) bond motifs is 10. The number of hydrogen-bond donors (Lipinski definition) is 0. The van der Waals surface area contributed by atoms with Gasteiger partial charge in [0, 0.05) is 49.3 Å². The molecular formula is C51H31N5O. The fourth-order valence-electron chi connectivity index (χ4n) is 8.65. The zero-order valence-electron chi connectivity index (χ0n) is 30.5. The molecule has 266 valence electrons. The van der Waals surface area contributed by atoms with Crippen molar-refractivity contribution >= 4 is 65.6 Å². The van der Waals surface area contributed by atoms with Gasteiger partial charge in [-0.1, -0.05) is 127 Å². The van der Waals surface area contributed by atoms with Crippen LogP contribution in [0.15, 0.2) is 192 Å². The first-order valence-electron chi connectivity index (χ1n) is 19.1. The van der Waals surface area contributed by atoms with Crippen LogP contribution in [0, 0.1) is 0 Å². The summed E-state index contributed by atoms with van der Waals surface area (Å²) in [7, 11) is 0. The molecule has 0 spiro atoms. The number of aromatic nitrogens is 5. The summed E-state index contributed by atoms with van der Waals surface area (Å²) in [5.74, 6) is 1.87. The number of rotatable bonds is 5. The summed E-state index contributed by atoms with van der Waals surface area (Å²) in [5.41, 5.74) is 11.1. The summed E-state index contributed by atoms with van der Waals surface area (Å²) in [4.78, 5) is 14.9. The molecule has 0 atom stereocenters. The van der Waals surface area contributed by atoms with Crippen molar-refractivity contribution in [2.45, 2.75) is 0 Å². The van der Waals surface area contributed by atoms with E-state index in [2.05, 4.69) is 130 Å². The van der Waals surface area contributed by atoms with E-state index in [9.17, 15) is 0 Å². The molecule has 0 aliphatic heterocycles. The van der Waals surface area contributed by atoms with Crippen molar-refractivity contribution in [3.63, 3.8) is 0 Å². The average Bonchev–Trinajstić information content (AvgIpc) is 3.95. The summed E-state index contributed by atoms with van der Waals surface area (Å²) in [6.07, 6.45) is 0. The Morgan fingerprint density at radius 1 is 0.368 bits per heavy atom. The maximum absolute atomic E-state index is 6.90. The van der Waals surface area contributed by atoms with Crippen LogP contribution in [-0.4, -0.2) is 24.1 Å². The Kier molecular flexibility index (Phi) is 6.83. The van der Waals surface area contributed by atoms with E-state index in [0.717, 1.165) is 71.8 Å². The molecule has 0 radical (unpaired) electrons. The fraction of sp³-hybridized carbons (Fsp3) is 0. The second kappa shape index (κ2) is 12.3. The third kappa shape index (κ3) is 4.81. The number of nitrogens with zero attached hydrogens (tertiary/aromatic N) is 5. The van der Waals surface area contributed by atoms with Gasteiger partial charge in [-0.25, -0.2) is 15.0 Å². The number of para-hydroxylation sites is 4. The van der Waals surface area contributed by atoms with E-state index in [1.54, 1.807) is 0 Å². The lowest BCUT2D eigenvalue weighted by Crippen LogP contribution is -2.00. The van der Waals surface area contributed by atoms with Crippen molar-refractivity contribution in [2.75, 3.05) is 0 Å². The normalized spacial score (nSPS) is 11.9. The van der Waals surface area contributed by atoms with E-state index < -0.39 is 0 Å². The molecule has 57 heavy (non-hydrogen) atoms. The zero-order valence-corrected chi connectivity index (χ0v) is 30.5. The third-order valence-electron chi connectivity index (χ3n) is 11.2. The van der Waals surface area contributed by atoms with Crippen LogP contribution in [0.2, 0.25) is 0 Å². The van der Waals surface area contributed by atoms with Crippen LogP contribution in [0.5, 0.6) is 0 Å². The van der Waals surface area contributed by atoms with Crippen LogP contribution >= 0.6 is 0 Å². The van der Waals surface area contributed by atoms with Crippen LogP contribution in [0.25, 0.3) is 111 Å². The van der Waals surface area contributed by atoms with E-state index in [4.69, 9.17) is 19.4 Å². The maximum atomic E-state index is 6.90. The summed E-state index contributed by atoms with van der Waals surface area (Å²) < 4.78 is 11.7. The minimum atomic E-state index is 0.608. The summed E-state index contributed by atoms with van der Waals surface area (Å²) in [6, 6.07) is 65.5. The molecule has 12 aromatic rings. The van der Waals surface area contributed by atoms with Crippen molar-refractivity contribution in [1.82, 2.24) is 24.1 Å². The van der Waals surface area contributed by atoms with E-state index in [-0.39, 0.29) is 0 Å². The third-order valence-corrected chi connectivity index (χ3v) is 11.2. The molecule has 6 nitrogen and oxygen atoms in total. The molecule has 0 aliphatic rings. The van der Waals surface area contributed by atoms with Gasteiger partial charge in [-0.3, -0.25) is 0 Å². The van der Waals surface area contributed by atoms with Gasteiger partial charge in [0.25, 0.3) is 0 Å². The molecular weight excluding hydrogens is 699 g/mol. The molecule has 4 heterocycles. The molecule has 12 rings (SSSR count). The van der Waals surface area contributed by atoms with Crippen molar-refractivity contribution in [3.05, 3.63) is 188 Å². The smallest absolute Gasteiger partial charge is 0.164 e. The lowest BCUT2D eigenvalue weighted by Gasteiger charge is -2.14. The zero-order chi connectivity index (χ0) is 37.5. The number of benzene rings is 8.